The Bertz CT molecular complexity index is 1020. The molecule has 9 nitrogen and oxygen atoms in total. The van der Waals surface area contributed by atoms with Crippen molar-refractivity contribution in [3.63, 3.8) is 0 Å². The van der Waals surface area contributed by atoms with Gasteiger partial charge in [-0.2, -0.15) is 4.89 Å². The second-order valence-corrected chi connectivity index (χ2v) is 9.05. The third-order valence-corrected chi connectivity index (χ3v) is 6.49. The lowest BCUT2D eigenvalue weighted by atomic mass is 10.1. The van der Waals surface area contributed by atoms with E-state index in [1.54, 1.807) is 72.8 Å². The van der Waals surface area contributed by atoms with Gasteiger partial charge in [0.25, 0.3) is 0 Å². The van der Waals surface area contributed by atoms with Crippen molar-refractivity contribution >= 4 is 25.7 Å². The van der Waals surface area contributed by atoms with Gasteiger partial charge in [0.15, 0.2) is 17.5 Å². The molecule has 0 aliphatic rings. The van der Waals surface area contributed by atoms with E-state index in [0.717, 1.165) is 5.56 Å². The second kappa shape index (κ2) is 11.2. The molecule has 0 aliphatic heterocycles. The Kier molecular flexibility index (Phi) is 8.07. The molecule has 0 radical (unpaired) electrons. The number of nitrogens with one attached hydrogen (secondary N) is 1. The molecule has 0 aromatic heterocycles. The average molecular weight is 469 g/mol. The average Bonchev–Trinajstić information content (AvgIpc) is 2.80. The molecule has 6 N–H and O–H groups in total. The minimum Gasteiger partial charge on any atom is -0.453 e. The lowest BCUT2D eigenvalue weighted by Crippen LogP contribution is -2.41. The number of rotatable bonds is 9. The van der Waals surface area contributed by atoms with E-state index in [-0.39, 0.29) is 12.4 Å². The Morgan fingerprint density at radius 1 is 0.939 bits per heavy atom. The number of hydrogen-bond donors (Lipinski definition) is 4. The van der Waals surface area contributed by atoms with Crippen molar-refractivity contribution in [2.45, 2.75) is 12.2 Å². The quantitative estimate of drug-likeness (QED) is 0.213. The predicted molar refractivity (Wildman–Crippen MR) is 128 cm³/mol. The first-order valence-corrected chi connectivity index (χ1v) is 11.7. The van der Waals surface area contributed by atoms with E-state index in [2.05, 4.69) is 10.3 Å². The summed E-state index contributed by atoms with van der Waals surface area (Å²) in [5, 5.41) is 2.66. The van der Waals surface area contributed by atoms with Crippen molar-refractivity contribution < 1.29 is 23.5 Å². The summed E-state index contributed by atoms with van der Waals surface area (Å²) in [5.41, 5.74) is 12.2. The lowest BCUT2D eigenvalue weighted by Gasteiger charge is -2.26. The van der Waals surface area contributed by atoms with Crippen LogP contribution >= 0.6 is 7.94 Å². The topological polar surface area (TPSA) is 141 Å². The maximum Gasteiger partial charge on any atom is 0.519 e. The van der Waals surface area contributed by atoms with Crippen LogP contribution in [0.5, 0.6) is 11.5 Å². The number of benzene rings is 3. The van der Waals surface area contributed by atoms with Gasteiger partial charge in [-0.25, -0.2) is 9.79 Å². The molecule has 1 unspecified atom stereocenters. The van der Waals surface area contributed by atoms with Crippen LogP contribution in [0.3, 0.4) is 0 Å². The number of hydrogen-bond acceptors (Lipinski definition) is 6. The standard InChI is InChI=1S/C23H25N4O5P/c1-30-23(28)27-21(16-17-12-14-18(15-13-17)26-22(24)25)33(29,31-19-8-4-2-5-9-19)32-20-10-6-3-7-11-20/h2-15,21,29H,16H2,1H3,(H4-,24,25,26,27,28)/p+1. The molecule has 0 heterocycles. The largest absolute Gasteiger partial charge is 0.519 e. The zero-order valence-electron chi connectivity index (χ0n) is 18.0. The van der Waals surface area contributed by atoms with Gasteiger partial charge < -0.3 is 16.2 Å². The number of para-hydroxylation sites is 2. The number of nitrogens with zero attached hydrogens (tertiary/aromatic N) is 1. The van der Waals surface area contributed by atoms with Gasteiger partial charge in [0.2, 0.25) is 5.78 Å². The zero-order chi connectivity index (χ0) is 23.7. The molecule has 3 aromatic rings. The van der Waals surface area contributed by atoms with E-state index < -0.39 is 19.8 Å². The number of methoxy groups -OCH3 is 1. The number of amides is 1. The zero-order valence-corrected chi connectivity index (χ0v) is 18.9. The Labute approximate surface area is 192 Å². The van der Waals surface area contributed by atoms with Crippen molar-refractivity contribution in [3.05, 3.63) is 90.5 Å². The van der Waals surface area contributed by atoms with E-state index in [0.29, 0.717) is 17.2 Å². The molecule has 3 aromatic carbocycles. The first-order chi connectivity index (χ1) is 15.9. The van der Waals surface area contributed by atoms with Gasteiger partial charge in [0, 0.05) is 6.42 Å². The minimum atomic E-state index is -3.77. The molecule has 0 fully saturated rings. The molecule has 3 rings (SSSR count). The van der Waals surface area contributed by atoms with Gasteiger partial charge in [-0.3, -0.25) is 14.4 Å². The highest BCUT2D eigenvalue weighted by Crippen LogP contribution is 2.60. The van der Waals surface area contributed by atoms with Crippen molar-refractivity contribution in [3.8, 4) is 11.5 Å². The molecule has 1 atom stereocenters. The molecular formula is C23H26N4O5P+. The maximum absolute atomic E-state index is 12.2. The van der Waals surface area contributed by atoms with Crippen LogP contribution in [-0.2, 0) is 11.2 Å². The summed E-state index contributed by atoms with van der Waals surface area (Å²) in [6.45, 7) is 0. The molecule has 1 amide bonds. The van der Waals surface area contributed by atoms with E-state index in [9.17, 15) is 9.69 Å². The highest BCUT2D eigenvalue weighted by atomic mass is 31.2. The number of alkyl carbamates (subject to hydrolysis) is 1. The Morgan fingerprint density at radius 2 is 1.45 bits per heavy atom. The summed E-state index contributed by atoms with van der Waals surface area (Å²) in [7, 11) is -2.53. The fourth-order valence-corrected chi connectivity index (χ4v) is 4.78. The van der Waals surface area contributed by atoms with E-state index in [1.165, 1.54) is 7.11 Å². The Morgan fingerprint density at radius 3 is 1.91 bits per heavy atom. The van der Waals surface area contributed by atoms with Crippen LogP contribution < -0.4 is 25.8 Å². The van der Waals surface area contributed by atoms with Crippen molar-refractivity contribution in [2.75, 3.05) is 7.11 Å². The number of carbonyl (C=O) groups is 1. The number of nitrogens with two attached hydrogens (primary N) is 2. The highest BCUT2D eigenvalue weighted by molar-refractivity contribution is 7.62. The van der Waals surface area contributed by atoms with Crippen LogP contribution in [0.1, 0.15) is 5.56 Å². The highest BCUT2D eigenvalue weighted by Gasteiger charge is 2.54. The van der Waals surface area contributed by atoms with Crippen LogP contribution in [0.2, 0.25) is 0 Å². The fourth-order valence-electron chi connectivity index (χ4n) is 2.93. The maximum atomic E-state index is 12.2. The lowest BCUT2D eigenvalue weighted by molar-refractivity contribution is 0.167. The number of guanidine groups is 1. The third-order valence-electron chi connectivity index (χ3n) is 4.45. The summed E-state index contributed by atoms with van der Waals surface area (Å²) >= 11 is 0. The molecule has 172 valence electrons. The smallest absolute Gasteiger partial charge is 0.453 e. The Hall–Kier alpha value is -3.81. The van der Waals surface area contributed by atoms with Crippen LogP contribution in [0, 0.1) is 0 Å². The van der Waals surface area contributed by atoms with Crippen molar-refractivity contribution in [2.24, 2.45) is 16.5 Å². The predicted octanol–water partition coefficient (Wildman–Crippen LogP) is 3.73. The van der Waals surface area contributed by atoms with Crippen molar-refractivity contribution in [1.29, 1.82) is 0 Å². The van der Waals surface area contributed by atoms with Gasteiger partial charge >= 0.3 is 14.0 Å². The molecule has 0 saturated carbocycles. The molecule has 0 aliphatic carbocycles. The van der Waals surface area contributed by atoms with Gasteiger partial charge in [-0.15, -0.1) is 0 Å². The van der Waals surface area contributed by atoms with Gasteiger partial charge in [0.1, 0.15) is 0 Å². The minimum absolute atomic E-state index is 0.0548. The second-order valence-electron chi connectivity index (χ2n) is 6.93. The Balaban J connectivity index is 1.95. The number of ether oxygens (including phenoxy) is 1. The normalized spacial score (nSPS) is 11.7. The molecule has 10 heteroatoms. The number of aliphatic imine (C=N–C) groups is 1. The first kappa shape index (κ1) is 23.8. The third kappa shape index (κ3) is 7.10. The molecular weight excluding hydrogens is 443 g/mol. The summed E-state index contributed by atoms with van der Waals surface area (Å²) in [6, 6.07) is 24.5. The van der Waals surface area contributed by atoms with Crippen LogP contribution in [0.25, 0.3) is 0 Å². The first-order valence-electron chi connectivity index (χ1n) is 10.0. The molecule has 0 spiro atoms. The van der Waals surface area contributed by atoms with Crippen LogP contribution in [-0.4, -0.2) is 29.8 Å². The molecule has 33 heavy (non-hydrogen) atoms. The van der Waals surface area contributed by atoms with Crippen LogP contribution in [0.4, 0.5) is 10.5 Å². The summed E-state index contributed by atoms with van der Waals surface area (Å²) in [4.78, 5) is 27.8. The van der Waals surface area contributed by atoms with Gasteiger partial charge in [-0.05, 0) is 42.0 Å². The summed E-state index contributed by atoms with van der Waals surface area (Å²) in [5.74, 6) is -0.229. The summed E-state index contributed by atoms with van der Waals surface area (Å²) < 4.78 is 16.7. The van der Waals surface area contributed by atoms with E-state index in [1.807, 2.05) is 12.1 Å². The van der Waals surface area contributed by atoms with E-state index in [4.69, 9.17) is 25.3 Å². The van der Waals surface area contributed by atoms with Crippen LogP contribution in [0.15, 0.2) is 89.9 Å². The van der Waals surface area contributed by atoms with Gasteiger partial charge in [-0.1, -0.05) is 48.5 Å². The monoisotopic (exact) mass is 469 g/mol. The summed E-state index contributed by atoms with van der Waals surface area (Å²) in [6.07, 6.45) is -0.551. The number of carbonyl (C=O) groups excluding carboxylic acids is 1. The SMILES string of the molecule is COC(=O)NC(Cc1ccc(N=C(N)N)cc1)[P+](O)(Oc1ccccc1)Oc1ccccc1. The molecule has 0 bridgehead atoms. The van der Waals surface area contributed by atoms with Gasteiger partial charge in [0.05, 0.1) is 12.8 Å². The van der Waals surface area contributed by atoms with Crippen molar-refractivity contribution in [1.82, 2.24) is 5.32 Å². The van der Waals surface area contributed by atoms with E-state index >= 15 is 0 Å². The fraction of sp³-hybridized carbons (Fsp3) is 0.130. The molecule has 0 saturated heterocycles.